The van der Waals surface area contributed by atoms with Crippen molar-refractivity contribution in [2.24, 2.45) is 0 Å². The molecule has 0 saturated carbocycles. The standard InChI is InChI=1S/C12H15N3O/c1-15(9-12-3-2-6-16-12)8-11-5-4-10(13)7-14-11/h2-7H,8-9,13H2,1H3. The molecular weight excluding hydrogens is 202 g/mol. The molecule has 4 heteroatoms. The van der Waals surface area contributed by atoms with Gasteiger partial charge in [0.25, 0.3) is 0 Å². The van der Waals surface area contributed by atoms with E-state index in [9.17, 15) is 0 Å². The smallest absolute Gasteiger partial charge is 0.117 e. The number of nitrogens with two attached hydrogens (primary N) is 1. The minimum absolute atomic E-state index is 0.692. The number of nitrogens with zero attached hydrogens (tertiary/aromatic N) is 2. The first-order valence-corrected chi connectivity index (χ1v) is 5.15. The van der Waals surface area contributed by atoms with Gasteiger partial charge in [-0.3, -0.25) is 9.88 Å². The van der Waals surface area contributed by atoms with Gasteiger partial charge in [0.2, 0.25) is 0 Å². The Hall–Kier alpha value is -1.81. The maximum atomic E-state index is 5.58. The van der Waals surface area contributed by atoms with E-state index in [1.807, 2.05) is 31.3 Å². The monoisotopic (exact) mass is 217 g/mol. The van der Waals surface area contributed by atoms with Crippen LogP contribution in [-0.4, -0.2) is 16.9 Å². The molecule has 0 atom stereocenters. The molecule has 2 aromatic rings. The fourth-order valence-electron chi connectivity index (χ4n) is 1.53. The van der Waals surface area contributed by atoms with Gasteiger partial charge in [-0.15, -0.1) is 0 Å². The molecule has 0 radical (unpaired) electrons. The van der Waals surface area contributed by atoms with Crippen LogP contribution in [0.25, 0.3) is 0 Å². The molecule has 0 aromatic carbocycles. The summed E-state index contributed by atoms with van der Waals surface area (Å²) in [7, 11) is 2.03. The minimum atomic E-state index is 0.692. The van der Waals surface area contributed by atoms with Gasteiger partial charge >= 0.3 is 0 Å². The SMILES string of the molecule is CN(Cc1ccc(N)cn1)Cc1ccco1. The van der Waals surface area contributed by atoms with Crippen LogP contribution in [-0.2, 0) is 13.1 Å². The Morgan fingerprint density at radius 2 is 2.19 bits per heavy atom. The van der Waals surface area contributed by atoms with Crippen molar-refractivity contribution in [3.8, 4) is 0 Å². The summed E-state index contributed by atoms with van der Waals surface area (Å²) in [5.41, 5.74) is 7.27. The highest BCUT2D eigenvalue weighted by Crippen LogP contribution is 2.08. The topological polar surface area (TPSA) is 55.3 Å². The zero-order chi connectivity index (χ0) is 11.4. The number of pyridine rings is 1. The molecule has 0 aliphatic carbocycles. The molecular formula is C12H15N3O. The maximum absolute atomic E-state index is 5.58. The van der Waals surface area contributed by atoms with Crippen molar-refractivity contribution in [1.82, 2.24) is 9.88 Å². The highest BCUT2D eigenvalue weighted by molar-refractivity contribution is 5.34. The van der Waals surface area contributed by atoms with Crippen LogP contribution in [0.5, 0.6) is 0 Å². The van der Waals surface area contributed by atoms with Gasteiger partial charge in [0.1, 0.15) is 5.76 Å². The molecule has 0 aliphatic heterocycles. The lowest BCUT2D eigenvalue weighted by atomic mass is 10.3. The third-order valence-electron chi connectivity index (χ3n) is 2.29. The van der Waals surface area contributed by atoms with Crippen LogP contribution >= 0.6 is 0 Å². The number of furan rings is 1. The molecule has 2 heterocycles. The normalized spacial score (nSPS) is 10.9. The largest absolute Gasteiger partial charge is 0.468 e. The number of hydrogen-bond acceptors (Lipinski definition) is 4. The Labute approximate surface area is 94.7 Å². The van der Waals surface area contributed by atoms with E-state index >= 15 is 0 Å². The summed E-state index contributed by atoms with van der Waals surface area (Å²) in [5.74, 6) is 0.956. The molecule has 16 heavy (non-hydrogen) atoms. The maximum Gasteiger partial charge on any atom is 0.117 e. The van der Waals surface area contributed by atoms with Crippen molar-refractivity contribution in [2.75, 3.05) is 12.8 Å². The van der Waals surface area contributed by atoms with Crippen molar-refractivity contribution >= 4 is 5.69 Å². The molecule has 2 rings (SSSR count). The van der Waals surface area contributed by atoms with E-state index in [0.29, 0.717) is 5.69 Å². The first-order chi connectivity index (χ1) is 7.74. The quantitative estimate of drug-likeness (QED) is 0.849. The van der Waals surface area contributed by atoms with Gasteiger partial charge in [0.05, 0.1) is 30.4 Å². The average Bonchev–Trinajstić information content (AvgIpc) is 2.74. The van der Waals surface area contributed by atoms with Crippen molar-refractivity contribution in [3.63, 3.8) is 0 Å². The van der Waals surface area contributed by atoms with Gasteiger partial charge in [-0.1, -0.05) is 0 Å². The van der Waals surface area contributed by atoms with Crippen molar-refractivity contribution in [1.29, 1.82) is 0 Å². The van der Waals surface area contributed by atoms with E-state index in [1.165, 1.54) is 0 Å². The summed E-state index contributed by atoms with van der Waals surface area (Å²) in [4.78, 5) is 6.39. The Kier molecular flexibility index (Phi) is 3.22. The zero-order valence-corrected chi connectivity index (χ0v) is 9.26. The van der Waals surface area contributed by atoms with Crippen LogP contribution in [0.3, 0.4) is 0 Å². The van der Waals surface area contributed by atoms with Gasteiger partial charge in [0, 0.05) is 6.54 Å². The van der Waals surface area contributed by atoms with E-state index in [2.05, 4.69) is 9.88 Å². The third kappa shape index (κ3) is 2.84. The zero-order valence-electron chi connectivity index (χ0n) is 9.26. The Morgan fingerprint density at radius 1 is 1.31 bits per heavy atom. The molecule has 0 unspecified atom stereocenters. The first kappa shape index (κ1) is 10.7. The van der Waals surface area contributed by atoms with Crippen LogP contribution < -0.4 is 5.73 Å². The van der Waals surface area contributed by atoms with Crippen LogP contribution in [0, 0.1) is 0 Å². The molecule has 0 aliphatic rings. The minimum Gasteiger partial charge on any atom is -0.468 e. The number of rotatable bonds is 4. The predicted molar refractivity (Wildman–Crippen MR) is 62.5 cm³/mol. The van der Waals surface area contributed by atoms with Crippen molar-refractivity contribution < 1.29 is 4.42 Å². The molecule has 0 bridgehead atoms. The van der Waals surface area contributed by atoms with E-state index in [1.54, 1.807) is 12.5 Å². The highest BCUT2D eigenvalue weighted by Gasteiger charge is 2.04. The number of hydrogen-bond donors (Lipinski definition) is 1. The summed E-state index contributed by atoms with van der Waals surface area (Å²) in [5, 5.41) is 0. The summed E-state index contributed by atoms with van der Waals surface area (Å²) < 4.78 is 5.28. The fourth-order valence-corrected chi connectivity index (χ4v) is 1.53. The predicted octanol–water partition coefficient (Wildman–Crippen LogP) is 1.89. The molecule has 0 amide bonds. The van der Waals surface area contributed by atoms with E-state index in [-0.39, 0.29) is 0 Å². The lowest BCUT2D eigenvalue weighted by Gasteiger charge is -2.14. The number of anilines is 1. The Balaban J connectivity index is 1.92. The molecule has 4 nitrogen and oxygen atoms in total. The van der Waals surface area contributed by atoms with E-state index < -0.39 is 0 Å². The van der Waals surface area contributed by atoms with Crippen LogP contribution in [0.1, 0.15) is 11.5 Å². The van der Waals surface area contributed by atoms with Gasteiger partial charge in [-0.25, -0.2) is 0 Å². The van der Waals surface area contributed by atoms with Gasteiger partial charge in [-0.2, -0.15) is 0 Å². The van der Waals surface area contributed by atoms with Gasteiger partial charge < -0.3 is 10.2 Å². The van der Waals surface area contributed by atoms with Crippen LogP contribution in [0.15, 0.2) is 41.1 Å². The fraction of sp³-hybridized carbons (Fsp3) is 0.250. The molecule has 2 aromatic heterocycles. The van der Waals surface area contributed by atoms with Crippen LogP contribution in [0.4, 0.5) is 5.69 Å². The van der Waals surface area contributed by atoms with Gasteiger partial charge in [-0.05, 0) is 31.3 Å². The molecule has 0 spiro atoms. The number of nitrogen functional groups attached to an aromatic ring is 1. The Bertz CT molecular complexity index is 422. The van der Waals surface area contributed by atoms with E-state index in [0.717, 1.165) is 24.5 Å². The summed E-state index contributed by atoms with van der Waals surface area (Å²) in [6.45, 7) is 1.56. The third-order valence-corrected chi connectivity index (χ3v) is 2.29. The lowest BCUT2D eigenvalue weighted by molar-refractivity contribution is 0.285. The molecule has 0 saturated heterocycles. The van der Waals surface area contributed by atoms with Crippen LogP contribution in [0.2, 0.25) is 0 Å². The molecule has 84 valence electrons. The second-order valence-electron chi connectivity index (χ2n) is 3.83. The summed E-state index contributed by atoms with van der Waals surface area (Å²) in [6.07, 6.45) is 3.36. The van der Waals surface area contributed by atoms with E-state index in [4.69, 9.17) is 10.2 Å². The summed E-state index contributed by atoms with van der Waals surface area (Å²) in [6, 6.07) is 7.66. The second-order valence-corrected chi connectivity index (χ2v) is 3.83. The molecule has 2 N–H and O–H groups in total. The average molecular weight is 217 g/mol. The highest BCUT2D eigenvalue weighted by atomic mass is 16.3. The van der Waals surface area contributed by atoms with Gasteiger partial charge in [0.15, 0.2) is 0 Å². The second kappa shape index (κ2) is 4.81. The molecule has 0 fully saturated rings. The number of aromatic nitrogens is 1. The Morgan fingerprint density at radius 3 is 2.81 bits per heavy atom. The summed E-state index contributed by atoms with van der Waals surface area (Å²) >= 11 is 0. The van der Waals surface area contributed by atoms with Crippen molar-refractivity contribution in [3.05, 3.63) is 48.2 Å². The first-order valence-electron chi connectivity index (χ1n) is 5.15. The lowest BCUT2D eigenvalue weighted by Crippen LogP contribution is -2.17. The van der Waals surface area contributed by atoms with Crippen molar-refractivity contribution in [2.45, 2.75) is 13.1 Å².